The van der Waals surface area contributed by atoms with E-state index < -0.39 is 24.6 Å². The van der Waals surface area contributed by atoms with Crippen LogP contribution in [0.5, 0.6) is 0 Å². The Morgan fingerprint density at radius 2 is 2.38 bits per heavy atom. The number of aromatic amines is 1. The average Bonchev–Trinajstić information content (AvgIpc) is 2.69. The van der Waals surface area contributed by atoms with E-state index in [0.717, 1.165) is 0 Å². The number of carboxylic acids is 1. The molecule has 88 valence electrons. The molecule has 0 aliphatic rings. The number of nitrogens with one attached hydrogen (secondary N) is 3. The van der Waals surface area contributed by atoms with Gasteiger partial charge in [-0.25, -0.2) is 15.1 Å². The van der Waals surface area contributed by atoms with E-state index in [1.54, 1.807) is 6.92 Å². The van der Waals surface area contributed by atoms with E-state index in [4.69, 9.17) is 5.11 Å². The topological polar surface area (TPSA) is 142 Å². The second-order valence-corrected chi connectivity index (χ2v) is 2.75. The molecule has 0 aliphatic heterocycles. The van der Waals surface area contributed by atoms with Gasteiger partial charge >= 0.3 is 12.0 Å². The highest BCUT2D eigenvalue weighted by atomic mass is 16.7. The van der Waals surface area contributed by atoms with E-state index in [-0.39, 0.29) is 0 Å². The van der Waals surface area contributed by atoms with Gasteiger partial charge in [-0.05, 0) is 6.92 Å². The lowest BCUT2D eigenvalue weighted by molar-refractivity contribution is -0.144. The largest absolute Gasteiger partial charge is 0.479 e. The van der Waals surface area contributed by atoms with E-state index in [2.05, 4.69) is 30.8 Å². The number of H-pyrrole nitrogens is 1. The summed E-state index contributed by atoms with van der Waals surface area (Å²) in [5, 5.41) is 23.5. The molecular weight excluding hydrogens is 220 g/mol. The Kier molecular flexibility index (Phi) is 4.15. The molecule has 0 saturated heterocycles. The Morgan fingerprint density at radius 3 is 2.94 bits per heavy atom. The molecule has 0 aliphatic carbocycles. The summed E-state index contributed by atoms with van der Waals surface area (Å²) in [7, 11) is 0. The van der Waals surface area contributed by atoms with E-state index >= 15 is 0 Å². The quantitative estimate of drug-likeness (QED) is 0.454. The SMILES string of the molecule is CC(NC(=O)NOCC(=O)O)c1nn[nH]n1. The van der Waals surface area contributed by atoms with Crippen LogP contribution in [-0.4, -0.2) is 44.3 Å². The minimum absolute atomic E-state index is 0.299. The molecule has 0 spiro atoms. The number of hydrogen-bond donors (Lipinski definition) is 4. The fourth-order valence-electron chi connectivity index (χ4n) is 0.807. The zero-order chi connectivity index (χ0) is 12.0. The Balaban J connectivity index is 2.26. The fraction of sp³-hybridized carbons (Fsp3) is 0.500. The van der Waals surface area contributed by atoms with Crippen molar-refractivity contribution < 1.29 is 19.5 Å². The normalized spacial score (nSPS) is 11.8. The Bertz CT molecular complexity index is 352. The van der Waals surface area contributed by atoms with Gasteiger partial charge in [0.05, 0.1) is 6.04 Å². The molecule has 4 N–H and O–H groups in total. The molecule has 1 rings (SSSR count). The monoisotopic (exact) mass is 230 g/mol. The first kappa shape index (κ1) is 11.8. The average molecular weight is 230 g/mol. The third-order valence-electron chi connectivity index (χ3n) is 1.46. The van der Waals surface area contributed by atoms with Gasteiger partial charge in [0.1, 0.15) is 0 Å². The molecule has 10 heteroatoms. The lowest BCUT2D eigenvalue weighted by Gasteiger charge is -2.10. The smallest absolute Gasteiger partial charge is 0.339 e. The first-order valence-corrected chi connectivity index (χ1v) is 4.23. The lowest BCUT2D eigenvalue weighted by Crippen LogP contribution is -2.38. The zero-order valence-electron chi connectivity index (χ0n) is 8.30. The predicted molar refractivity (Wildman–Crippen MR) is 47.8 cm³/mol. The predicted octanol–water partition coefficient (Wildman–Crippen LogP) is -1.42. The number of aliphatic carboxylic acids is 1. The summed E-state index contributed by atoms with van der Waals surface area (Å²) in [5.74, 6) is -0.889. The van der Waals surface area contributed by atoms with Crippen molar-refractivity contribution in [2.45, 2.75) is 13.0 Å². The van der Waals surface area contributed by atoms with Gasteiger partial charge in [0.25, 0.3) is 0 Å². The Hall–Kier alpha value is -2.23. The van der Waals surface area contributed by atoms with Crippen molar-refractivity contribution in [1.29, 1.82) is 0 Å². The van der Waals surface area contributed by atoms with Crippen molar-refractivity contribution in [3.8, 4) is 0 Å². The lowest BCUT2D eigenvalue weighted by atomic mass is 10.3. The maximum atomic E-state index is 11.1. The fourth-order valence-corrected chi connectivity index (χ4v) is 0.807. The van der Waals surface area contributed by atoms with Crippen LogP contribution >= 0.6 is 0 Å². The van der Waals surface area contributed by atoms with Crippen molar-refractivity contribution in [1.82, 2.24) is 31.4 Å². The third kappa shape index (κ3) is 3.88. The van der Waals surface area contributed by atoms with Crippen LogP contribution in [-0.2, 0) is 9.63 Å². The van der Waals surface area contributed by atoms with Crippen LogP contribution in [0.15, 0.2) is 0 Å². The molecule has 0 aromatic carbocycles. The second kappa shape index (κ2) is 5.60. The summed E-state index contributed by atoms with van der Waals surface area (Å²) in [4.78, 5) is 25.5. The van der Waals surface area contributed by atoms with E-state index in [1.807, 2.05) is 5.48 Å². The molecule has 0 radical (unpaired) electrons. The van der Waals surface area contributed by atoms with Gasteiger partial charge in [-0.3, -0.25) is 4.84 Å². The molecule has 1 heterocycles. The zero-order valence-corrected chi connectivity index (χ0v) is 8.30. The molecule has 0 bridgehead atoms. The minimum atomic E-state index is -1.19. The van der Waals surface area contributed by atoms with Crippen LogP contribution in [0.3, 0.4) is 0 Å². The van der Waals surface area contributed by atoms with Crippen molar-refractivity contribution in [3.63, 3.8) is 0 Å². The first-order valence-electron chi connectivity index (χ1n) is 4.23. The van der Waals surface area contributed by atoms with E-state index in [0.29, 0.717) is 5.82 Å². The maximum absolute atomic E-state index is 11.1. The van der Waals surface area contributed by atoms with Crippen LogP contribution < -0.4 is 10.8 Å². The highest BCUT2D eigenvalue weighted by Crippen LogP contribution is 2.01. The number of hydroxylamine groups is 1. The van der Waals surface area contributed by atoms with Gasteiger partial charge in [0.15, 0.2) is 12.4 Å². The van der Waals surface area contributed by atoms with Crippen LogP contribution in [0, 0.1) is 0 Å². The number of carbonyl (C=O) groups excluding carboxylic acids is 1. The summed E-state index contributed by atoms with van der Waals surface area (Å²) < 4.78 is 0. The summed E-state index contributed by atoms with van der Waals surface area (Å²) in [6.07, 6.45) is 0. The summed E-state index contributed by atoms with van der Waals surface area (Å²) >= 11 is 0. The van der Waals surface area contributed by atoms with Gasteiger partial charge < -0.3 is 10.4 Å². The summed E-state index contributed by atoms with van der Waals surface area (Å²) in [6.45, 7) is 1.01. The molecular formula is C6H10N6O4. The number of rotatable bonds is 5. The molecule has 16 heavy (non-hydrogen) atoms. The van der Waals surface area contributed by atoms with Gasteiger partial charge in [-0.15, -0.1) is 10.2 Å². The van der Waals surface area contributed by atoms with Crippen LogP contribution in [0.25, 0.3) is 0 Å². The first-order chi connectivity index (χ1) is 7.59. The summed E-state index contributed by atoms with van der Waals surface area (Å²) in [6, 6.07) is -1.18. The van der Waals surface area contributed by atoms with Gasteiger partial charge in [-0.2, -0.15) is 5.21 Å². The molecule has 1 unspecified atom stereocenters. The number of urea groups is 1. The van der Waals surface area contributed by atoms with Crippen molar-refractivity contribution in [3.05, 3.63) is 5.82 Å². The highest BCUT2D eigenvalue weighted by Gasteiger charge is 2.13. The minimum Gasteiger partial charge on any atom is -0.479 e. The second-order valence-electron chi connectivity index (χ2n) is 2.75. The molecule has 1 atom stereocenters. The maximum Gasteiger partial charge on any atom is 0.339 e. The number of hydrogen-bond acceptors (Lipinski definition) is 6. The number of amides is 2. The van der Waals surface area contributed by atoms with E-state index in [9.17, 15) is 9.59 Å². The summed E-state index contributed by atoms with van der Waals surface area (Å²) in [5.41, 5.74) is 1.89. The van der Waals surface area contributed by atoms with Gasteiger partial charge in [0, 0.05) is 0 Å². The highest BCUT2D eigenvalue weighted by molar-refractivity contribution is 5.73. The van der Waals surface area contributed by atoms with E-state index in [1.165, 1.54) is 0 Å². The molecule has 0 fully saturated rings. The number of carbonyl (C=O) groups is 2. The molecule has 1 aromatic heterocycles. The van der Waals surface area contributed by atoms with Crippen LogP contribution in [0.1, 0.15) is 18.8 Å². The standard InChI is InChI=1S/C6H10N6O4/c1-3(5-8-11-12-9-5)7-6(15)10-16-2-4(13)14/h3H,2H2,1H3,(H,13,14)(H2,7,10,15)(H,8,9,11,12). The number of carboxylic acid groups (broad SMARTS) is 1. The third-order valence-corrected chi connectivity index (χ3v) is 1.46. The molecule has 0 saturated carbocycles. The number of aromatic nitrogens is 4. The molecule has 10 nitrogen and oxygen atoms in total. The van der Waals surface area contributed by atoms with Crippen LogP contribution in [0.2, 0.25) is 0 Å². The number of tetrazole rings is 1. The van der Waals surface area contributed by atoms with Crippen molar-refractivity contribution in [2.24, 2.45) is 0 Å². The van der Waals surface area contributed by atoms with Crippen LogP contribution in [0.4, 0.5) is 4.79 Å². The van der Waals surface area contributed by atoms with Gasteiger partial charge in [-0.1, -0.05) is 5.21 Å². The Labute approximate surface area is 89.3 Å². The van der Waals surface area contributed by atoms with Crippen molar-refractivity contribution >= 4 is 12.0 Å². The molecule has 2 amide bonds. The Morgan fingerprint density at radius 1 is 1.62 bits per heavy atom. The van der Waals surface area contributed by atoms with Gasteiger partial charge in [0.2, 0.25) is 0 Å². The number of nitrogens with zero attached hydrogens (tertiary/aromatic N) is 3. The molecule has 1 aromatic rings. The van der Waals surface area contributed by atoms with Crippen molar-refractivity contribution in [2.75, 3.05) is 6.61 Å².